The van der Waals surface area contributed by atoms with E-state index in [1.807, 2.05) is 54.8 Å². The first-order valence-electron chi connectivity index (χ1n) is 9.15. The first-order valence-corrected chi connectivity index (χ1v) is 12.6. The summed E-state index contributed by atoms with van der Waals surface area (Å²) in [6, 6.07) is 17.5. The van der Waals surface area contributed by atoms with E-state index >= 15 is 0 Å². The van der Waals surface area contributed by atoms with Gasteiger partial charge in [-0.15, -0.1) is 23.5 Å². The molecule has 2 aromatic carbocycles. The number of benzene rings is 2. The van der Waals surface area contributed by atoms with E-state index < -0.39 is 0 Å². The maximum atomic E-state index is 13.2. The Balaban J connectivity index is 1.62. The summed E-state index contributed by atoms with van der Waals surface area (Å²) in [7, 11) is 0. The van der Waals surface area contributed by atoms with Crippen LogP contribution in [-0.4, -0.2) is 27.9 Å². The van der Waals surface area contributed by atoms with Crippen molar-refractivity contribution in [2.75, 3.05) is 16.9 Å². The van der Waals surface area contributed by atoms with Gasteiger partial charge in [0.15, 0.2) is 5.13 Å². The van der Waals surface area contributed by atoms with Crippen molar-refractivity contribution in [2.45, 2.75) is 16.3 Å². The Morgan fingerprint density at radius 1 is 1.13 bits per heavy atom. The summed E-state index contributed by atoms with van der Waals surface area (Å²) in [6.07, 6.45) is 5.55. The standard InChI is InChI=1S/C22H18ClN3OS3/c1-28-18-5-2-6-19-21(18)25-22(30-19)26(13-15-4-3-11-24-12-15)20(27)14-29-17-9-7-16(23)8-10-17/h2-12H,13-14H2,1H3. The first-order chi connectivity index (χ1) is 14.6. The third-order valence-corrected chi connectivity index (χ3v) is 7.42. The van der Waals surface area contributed by atoms with Crippen LogP contribution >= 0.6 is 46.5 Å². The monoisotopic (exact) mass is 471 g/mol. The number of pyridine rings is 1. The highest BCUT2D eigenvalue weighted by molar-refractivity contribution is 8.00. The molecule has 8 heteroatoms. The third kappa shape index (κ3) is 4.98. The number of carbonyl (C=O) groups excluding carboxylic acids is 1. The molecule has 0 unspecified atom stereocenters. The van der Waals surface area contributed by atoms with Gasteiger partial charge in [-0.3, -0.25) is 14.7 Å². The second kappa shape index (κ2) is 9.83. The third-order valence-electron chi connectivity index (χ3n) is 4.36. The molecule has 2 heterocycles. The topological polar surface area (TPSA) is 46.1 Å². The average Bonchev–Trinajstić information content (AvgIpc) is 3.21. The fraction of sp³-hybridized carbons (Fsp3) is 0.136. The Kier molecular flexibility index (Phi) is 6.94. The largest absolute Gasteiger partial charge is 0.283 e. The Hall–Kier alpha value is -2.06. The highest BCUT2D eigenvalue weighted by atomic mass is 35.5. The van der Waals surface area contributed by atoms with Gasteiger partial charge < -0.3 is 0 Å². The number of amides is 1. The summed E-state index contributed by atoms with van der Waals surface area (Å²) >= 11 is 10.7. The van der Waals surface area contributed by atoms with Gasteiger partial charge in [-0.2, -0.15) is 0 Å². The zero-order valence-corrected chi connectivity index (χ0v) is 19.3. The van der Waals surface area contributed by atoms with Gasteiger partial charge >= 0.3 is 0 Å². The minimum Gasteiger partial charge on any atom is -0.283 e. The van der Waals surface area contributed by atoms with Crippen molar-refractivity contribution in [1.29, 1.82) is 0 Å². The van der Waals surface area contributed by atoms with Crippen LogP contribution < -0.4 is 4.90 Å². The lowest BCUT2D eigenvalue weighted by Gasteiger charge is -2.19. The van der Waals surface area contributed by atoms with Gasteiger partial charge in [0, 0.05) is 27.2 Å². The van der Waals surface area contributed by atoms with Crippen LogP contribution in [-0.2, 0) is 11.3 Å². The van der Waals surface area contributed by atoms with Crippen molar-refractivity contribution < 1.29 is 4.79 Å². The molecule has 0 aliphatic heterocycles. The summed E-state index contributed by atoms with van der Waals surface area (Å²) in [5.41, 5.74) is 1.91. The van der Waals surface area contributed by atoms with Crippen LogP contribution in [0.3, 0.4) is 0 Å². The molecular formula is C22H18ClN3OS3. The van der Waals surface area contributed by atoms with E-state index in [-0.39, 0.29) is 5.91 Å². The predicted octanol–water partition coefficient (Wildman–Crippen LogP) is 6.39. The number of aromatic nitrogens is 2. The van der Waals surface area contributed by atoms with Crippen LogP contribution in [0.2, 0.25) is 5.02 Å². The van der Waals surface area contributed by atoms with Gasteiger partial charge in [0.05, 0.1) is 22.5 Å². The molecule has 0 spiro atoms. The van der Waals surface area contributed by atoms with Crippen molar-refractivity contribution in [1.82, 2.24) is 9.97 Å². The molecule has 0 saturated carbocycles. The van der Waals surface area contributed by atoms with E-state index in [4.69, 9.17) is 16.6 Å². The zero-order chi connectivity index (χ0) is 20.9. The van der Waals surface area contributed by atoms with E-state index in [1.54, 1.807) is 29.1 Å². The van der Waals surface area contributed by atoms with Gasteiger partial charge in [0.1, 0.15) is 0 Å². The molecule has 152 valence electrons. The average molecular weight is 472 g/mol. The number of thiazole rings is 1. The summed E-state index contributed by atoms with van der Waals surface area (Å²) in [4.78, 5) is 26.1. The van der Waals surface area contributed by atoms with Crippen molar-refractivity contribution in [3.63, 3.8) is 0 Å². The van der Waals surface area contributed by atoms with E-state index in [2.05, 4.69) is 11.1 Å². The van der Waals surface area contributed by atoms with Gasteiger partial charge in [0.25, 0.3) is 0 Å². The Bertz CT molecular complexity index is 1150. The predicted molar refractivity (Wildman–Crippen MR) is 129 cm³/mol. The number of carbonyl (C=O) groups is 1. The van der Waals surface area contributed by atoms with Gasteiger partial charge in [-0.05, 0) is 54.3 Å². The van der Waals surface area contributed by atoms with Crippen molar-refractivity contribution >= 4 is 67.7 Å². The number of hydrogen-bond donors (Lipinski definition) is 0. The second-order valence-corrected chi connectivity index (χ2v) is 9.73. The molecule has 2 aromatic heterocycles. The maximum absolute atomic E-state index is 13.2. The lowest BCUT2D eigenvalue weighted by atomic mass is 10.2. The van der Waals surface area contributed by atoms with E-state index in [9.17, 15) is 4.79 Å². The number of fused-ring (bicyclic) bond motifs is 1. The molecule has 4 rings (SSSR count). The molecule has 0 fully saturated rings. The maximum Gasteiger partial charge on any atom is 0.239 e. The molecule has 4 aromatic rings. The molecule has 0 radical (unpaired) electrons. The lowest BCUT2D eigenvalue weighted by Crippen LogP contribution is -2.31. The minimum absolute atomic E-state index is 0.00330. The highest BCUT2D eigenvalue weighted by Gasteiger charge is 2.21. The fourth-order valence-electron chi connectivity index (χ4n) is 2.88. The van der Waals surface area contributed by atoms with Crippen LogP contribution in [0.15, 0.2) is 76.8 Å². The van der Waals surface area contributed by atoms with Crippen LogP contribution in [0, 0.1) is 0 Å². The number of thioether (sulfide) groups is 2. The summed E-state index contributed by atoms with van der Waals surface area (Å²) in [5.74, 6) is 0.316. The minimum atomic E-state index is 0.00330. The van der Waals surface area contributed by atoms with Gasteiger partial charge in [0.2, 0.25) is 5.91 Å². The van der Waals surface area contributed by atoms with Crippen LogP contribution in [0.4, 0.5) is 5.13 Å². The number of nitrogens with zero attached hydrogens (tertiary/aromatic N) is 3. The summed E-state index contributed by atoms with van der Waals surface area (Å²) < 4.78 is 1.08. The van der Waals surface area contributed by atoms with E-state index in [0.29, 0.717) is 22.5 Å². The SMILES string of the molecule is CSc1cccc2sc(N(Cc3cccnc3)C(=O)CSc3ccc(Cl)cc3)nc12. The number of hydrogen-bond acceptors (Lipinski definition) is 6. The molecule has 0 N–H and O–H groups in total. The Labute approximate surface area is 192 Å². The van der Waals surface area contributed by atoms with Gasteiger partial charge in [-0.25, -0.2) is 4.98 Å². The lowest BCUT2D eigenvalue weighted by molar-refractivity contribution is -0.116. The molecule has 0 atom stereocenters. The molecule has 1 amide bonds. The van der Waals surface area contributed by atoms with Crippen LogP contribution in [0.1, 0.15) is 5.56 Å². The molecule has 4 nitrogen and oxygen atoms in total. The van der Waals surface area contributed by atoms with Gasteiger partial charge in [-0.1, -0.05) is 35.1 Å². The molecule has 0 aliphatic carbocycles. The van der Waals surface area contributed by atoms with Crippen molar-refractivity contribution in [3.8, 4) is 0 Å². The van der Waals surface area contributed by atoms with E-state index in [0.717, 1.165) is 25.6 Å². The Morgan fingerprint density at radius 2 is 1.97 bits per heavy atom. The smallest absolute Gasteiger partial charge is 0.239 e. The summed E-state index contributed by atoms with van der Waals surface area (Å²) in [5, 5.41) is 1.39. The quantitative estimate of drug-likeness (QED) is 0.292. The molecular weight excluding hydrogens is 454 g/mol. The molecule has 0 aliphatic rings. The first kappa shape index (κ1) is 21.2. The molecule has 30 heavy (non-hydrogen) atoms. The van der Waals surface area contributed by atoms with Crippen LogP contribution in [0.25, 0.3) is 10.2 Å². The number of anilines is 1. The molecule has 0 saturated heterocycles. The number of halogens is 1. The van der Waals surface area contributed by atoms with Crippen molar-refractivity contribution in [3.05, 3.63) is 77.6 Å². The van der Waals surface area contributed by atoms with Crippen molar-refractivity contribution in [2.24, 2.45) is 0 Å². The zero-order valence-electron chi connectivity index (χ0n) is 16.1. The number of rotatable bonds is 7. The van der Waals surface area contributed by atoms with Crippen LogP contribution in [0.5, 0.6) is 0 Å². The number of para-hydroxylation sites is 1. The summed E-state index contributed by atoms with van der Waals surface area (Å²) in [6.45, 7) is 0.433. The highest BCUT2D eigenvalue weighted by Crippen LogP contribution is 2.35. The second-order valence-electron chi connectivity index (χ2n) is 6.39. The normalized spacial score (nSPS) is 11.0. The molecule has 0 bridgehead atoms. The van der Waals surface area contributed by atoms with E-state index in [1.165, 1.54) is 23.1 Å². The fourth-order valence-corrected chi connectivity index (χ4v) is 5.42. The Morgan fingerprint density at radius 3 is 2.70 bits per heavy atom.